The Morgan fingerprint density at radius 2 is 1.80 bits per heavy atom. The van der Waals surface area contributed by atoms with E-state index in [2.05, 4.69) is 36.9 Å². The summed E-state index contributed by atoms with van der Waals surface area (Å²) in [5.74, 6) is 0.638. The first-order valence-corrected chi connectivity index (χ1v) is 8.96. The molecule has 0 spiro atoms. The van der Waals surface area contributed by atoms with Gasteiger partial charge < -0.3 is 4.74 Å². The zero-order chi connectivity index (χ0) is 18.7. The molecule has 0 aliphatic rings. The lowest BCUT2D eigenvalue weighted by molar-refractivity contribution is -0.121. The van der Waals surface area contributed by atoms with Crippen molar-refractivity contribution in [3.63, 3.8) is 0 Å². The molecule has 25 heavy (non-hydrogen) atoms. The Kier molecular flexibility index (Phi) is 9.54. The van der Waals surface area contributed by atoms with Crippen molar-refractivity contribution in [2.75, 3.05) is 6.61 Å². The van der Waals surface area contributed by atoms with Gasteiger partial charge >= 0.3 is 0 Å². The van der Waals surface area contributed by atoms with Gasteiger partial charge in [-0.25, -0.2) is 0 Å². The fourth-order valence-corrected chi connectivity index (χ4v) is 2.04. The predicted octanol–water partition coefficient (Wildman–Crippen LogP) is 2.94. The molecule has 7 heteroatoms. The fraction of sp³-hybridized carbons (Fsp3) is 0.500. The van der Waals surface area contributed by atoms with Crippen LogP contribution in [-0.2, 0) is 4.79 Å². The van der Waals surface area contributed by atoms with E-state index in [4.69, 9.17) is 17.0 Å². The van der Waals surface area contributed by atoms with Crippen molar-refractivity contribution in [3.05, 3.63) is 29.8 Å². The first-order chi connectivity index (χ1) is 11.9. The van der Waals surface area contributed by atoms with Gasteiger partial charge in [-0.2, -0.15) is 0 Å². The van der Waals surface area contributed by atoms with Crippen LogP contribution >= 0.6 is 12.2 Å². The molecule has 1 aromatic carbocycles. The molecule has 0 atom stereocenters. The van der Waals surface area contributed by atoms with Gasteiger partial charge in [-0.05, 0) is 48.8 Å². The fourth-order valence-electron chi connectivity index (χ4n) is 1.90. The summed E-state index contributed by atoms with van der Waals surface area (Å²) in [6.45, 7) is 6.83. The van der Waals surface area contributed by atoms with Crippen LogP contribution in [0.5, 0.6) is 5.75 Å². The molecule has 0 fully saturated rings. The van der Waals surface area contributed by atoms with Crippen molar-refractivity contribution in [2.24, 2.45) is 5.92 Å². The summed E-state index contributed by atoms with van der Waals surface area (Å²) < 4.78 is 5.57. The summed E-state index contributed by atoms with van der Waals surface area (Å²) in [6, 6.07) is 6.81. The average Bonchev–Trinajstić information content (AvgIpc) is 2.58. The van der Waals surface area contributed by atoms with E-state index in [1.165, 1.54) is 0 Å². The smallest absolute Gasteiger partial charge is 0.257 e. The van der Waals surface area contributed by atoms with Crippen LogP contribution in [0.3, 0.4) is 0 Å². The van der Waals surface area contributed by atoms with Crippen molar-refractivity contribution < 1.29 is 14.3 Å². The van der Waals surface area contributed by atoms with Crippen LogP contribution in [0.2, 0.25) is 0 Å². The molecule has 0 heterocycles. The summed E-state index contributed by atoms with van der Waals surface area (Å²) in [6.07, 6.45) is 3.31. The van der Waals surface area contributed by atoms with Crippen LogP contribution in [0.25, 0.3) is 0 Å². The highest BCUT2D eigenvalue weighted by molar-refractivity contribution is 7.80. The maximum Gasteiger partial charge on any atom is 0.257 e. The molecule has 3 N–H and O–H groups in total. The first-order valence-electron chi connectivity index (χ1n) is 8.55. The number of thiocarbonyl (C=S) groups is 1. The molecule has 138 valence electrons. The monoisotopic (exact) mass is 365 g/mol. The van der Waals surface area contributed by atoms with Crippen molar-refractivity contribution in [1.82, 2.24) is 16.2 Å². The Labute approximate surface area is 154 Å². The van der Waals surface area contributed by atoms with Gasteiger partial charge in [0.1, 0.15) is 5.75 Å². The van der Waals surface area contributed by atoms with Crippen molar-refractivity contribution in [3.8, 4) is 5.75 Å². The van der Waals surface area contributed by atoms with E-state index < -0.39 is 0 Å². The highest BCUT2D eigenvalue weighted by atomic mass is 32.1. The van der Waals surface area contributed by atoms with E-state index in [1.54, 1.807) is 24.3 Å². The highest BCUT2D eigenvalue weighted by Crippen LogP contribution is 2.13. The number of benzene rings is 1. The van der Waals surface area contributed by atoms with Crippen LogP contribution in [0.4, 0.5) is 0 Å². The van der Waals surface area contributed by atoms with Gasteiger partial charge in [0.25, 0.3) is 5.91 Å². The molecule has 1 aromatic rings. The van der Waals surface area contributed by atoms with Gasteiger partial charge in [0.05, 0.1) is 6.61 Å². The van der Waals surface area contributed by atoms with E-state index in [0.29, 0.717) is 30.3 Å². The topological polar surface area (TPSA) is 79.5 Å². The number of carbonyl (C=O) groups excluding carboxylic acids is 2. The standard InChI is InChI=1S/C18H27N3O3S/c1-4-5-6-7-16(22)20-21-18(25)19-17(23)14-8-10-15(11-9-14)24-12-13(2)3/h8-11,13H,4-7,12H2,1-3H3,(H,20,22)(H2,19,21,23,25). The van der Waals surface area contributed by atoms with Gasteiger partial charge in [0.15, 0.2) is 5.11 Å². The number of nitrogens with one attached hydrogen (secondary N) is 3. The van der Waals surface area contributed by atoms with Crippen LogP contribution in [0.1, 0.15) is 56.8 Å². The van der Waals surface area contributed by atoms with E-state index >= 15 is 0 Å². The second-order valence-corrected chi connectivity index (χ2v) is 6.55. The SMILES string of the molecule is CCCCCC(=O)NNC(=S)NC(=O)c1ccc(OCC(C)C)cc1. The Hall–Kier alpha value is -2.15. The molecule has 0 aliphatic carbocycles. The molecule has 0 aromatic heterocycles. The molecule has 0 radical (unpaired) electrons. The number of rotatable bonds is 8. The van der Waals surface area contributed by atoms with Gasteiger partial charge in [-0.15, -0.1) is 0 Å². The van der Waals surface area contributed by atoms with Gasteiger partial charge in [-0.3, -0.25) is 25.8 Å². The molecule has 6 nitrogen and oxygen atoms in total. The molecule has 1 rings (SSSR count). The largest absolute Gasteiger partial charge is 0.493 e. The summed E-state index contributed by atoms with van der Waals surface area (Å²) in [5, 5.41) is 2.56. The van der Waals surface area contributed by atoms with Crippen molar-refractivity contribution in [2.45, 2.75) is 46.5 Å². The van der Waals surface area contributed by atoms with Crippen LogP contribution in [-0.4, -0.2) is 23.5 Å². The Bertz CT molecular complexity index is 573. The summed E-state index contributed by atoms with van der Waals surface area (Å²) in [7, 11) is 0. The third-order valence-electron chi connectivity index (χ3n) is 3.25. The molecule has 0 saturated carbocycles. The number of carbonyl (C=O) groups is 2. The number of hydrazine groups is 1. The van der Waals surface area contributed by atoms with Gasteiger partial charge in [0, 0.05) is 12.0 Å². The maximum absolute atomic E-state index is 12.1. The Morgan fingerprint density at radius 3 is 2.40 bits per heavy atom. The summed E-state index contributed by atoms with van der Waals surface area (Å²) in [5.41, 5.74) is 5.45. The van der Waals surface area contributed by atoms with Crippen LogP contribution in [0, 0.1) is 5.92 Å². The van der Waals surface area contributed by atoms with E-state index in [9.17, 15) is 9.59 Å². The lowest BCUT2D eigenvalue weighted by Crippen LogP contribution is -2.48. The molecule has 0 saturated heterocycles. The Morgan fingerprint density at radius 1 is 1.12 bits per heavy atom. The van der Waals surface area contributed by atoms with Gasteiger partial charge in [0.2, 0.25) is 5.91 Å². The third kappa shape index (κ3) is 9.05. The average molecular weight is 365 g/mol. The molecule has 0 aliphatic heterocycles. The number of ether oxygens (including phenoxy) is 1. The number of amides is 2. The number of unbranched alkanes of at least 4 members (excludes halogenated alkanes) is 2. The normalized spacial score (nSPS) is 10.2. The van der Waals surface area contributed by atoms with Crippen molar-refractivity contribution >= 4 is 29.1 Å². The lowest BCUT2D eigenvalue weighted by Gasteiger charge is -2.11. The predicted molar refractivity (Wildman–Crippen MR) is 102 cm³/mol. The van der Waals surface area contributed by atoms with Crippen LogP contribution < -0.4 is 20.9 Å². The minimum absolute atomic E-state index is 0.0500. The van der Waals surface area contributed by atoms with Crippen molar-refractivity contribution in [1.29, 1.82) is 0 Å². The van der Waals surface area contributed by atoms with E-state index in [-0.39, 0.29) is 16.9 Å². The maximum atomic E-state index is 12.1. The zero-order valence-corrected chi connectivity index (χ0v) is 15.9. The molecule has 0 bridgehead atoms. The summed E-state index contributed by atoms with van der Waals surface area (Å²) in [4.78, 5) is 23.7. The second kappa shape index (κ2) is 11.4. The van der Waals surface area contributed by atoms with Crippen LogP contribution in [0.15, 0.2) is 24.3 Å². The first kappa shape index (κ1) is 20.9. The minimum Gasteiger partial charge on any atom is -0.493 e. The molecule has 0 unspecified atom stereocenters. The highest BCUT2D eigenvalue weighted by Gasteiger charge is 2.09. The quantitative estimate of drug-likeness (QED) is 0.375. The number of hydrogen-bond donors (Lipinski definition) is 3. The molecular formula is C18H27N3O3S. The minimum atomic E-state index is -0.354. The Balaban J connectivity index is 2.37. The van der Waals surface area contributed by atoms with E-state index in [0.717, 1.165) is 19.3 Å². The third-order valence-corrected chi connectivity index (χ3v) is 3.45. The summed E-state index contributed by atoms with van der Waals surface area (Å²) >= 11 is 5.00. The molecular weight excluding hydrogens is 338 g/mol. The zero-order valence-electron chi connectivity index (χ0n) is 15.1. The molecule has 2 amide bonds. The second-order valence-electron chi connectivity index (χ2n) is 6.14. The van der Waals surface area contributed by atoms with Gasteiger partial charge in [-0.1, -0.05) is 33.6 Å². The van der Waals surface area contributed by atoms with E-state index in [1.807, 2.05) is 0 Å². The lowest BCUT2D eigenvalue weighted by atomic mass is 10.2. The number of hydrogen-bond acceptors (Lipinski definition) is 4.